The second-order valence-electron chi connectivity index (χ2n) is 6.96. The number of nitrogens with zero attached hydrogens (tertiary/aromatic N) is 2. The van der Waals surface area contributed by atoms with E-state index in [0.717, 1.165) is 30.5 Å². The van der Waals surface area contributed by atoms with E-state index in [9.17, 15) is 9.59 Å². The molecule has 0 radical (unpaired) electrons. The van der Waals surface area contributed by atoms with Crippen molar-refractivity contribution in [1.82, 2.24) is 4.90 Å². The summed E-state index contributed by atoms with van der Waals surface area (Å²) in [5.41, 5.74) is 2.57. The van der Waals surface area contributed by atoms with Gasteiger partial charge < -0.3 is 14.2 Å². The van der Waals surface area contributed by atoms with Gasteiger partial charge in [-0.3, -0.25) is 9.59 Å². The number of anilines is 1. The molecule has 0 N–H and O–H groups in total. The predicted octanol–water partition coefficient (Wildman–Crippen LogP) is 3.94. The van der Waals surface area contributed by atoms with Gasteiger partial charge in [0, 0.05) is 12.2 Å². The molecule has 26 heavy (non-hydrogen) atoms. The topological polar surface area (TPSA) is 53.8 Å². The van der Waals surface area contributed by atoms with Crippen LogP contribution in [0.25, 0.3) is 0 Å². The van der Waals surface area contributed by atoms with Gasteiger partial charge >= 0.3 is 0 Å². The number of hydrogen-bond donors (Lipinski definition) is 0. The Balaban J connectivity index is 1.86. The summed E-state index contributed by atoms with van der Waals surface area (Å²) in [4.78, 5) is 29.3. The lowest BCUT2D eigenvalue weighted by Crippen LogP contribution is -2.58. The summed E-state index contributed by atoms with van der Waals surface area (Å²) in [6, 6.07) is 9.66. The molecule has 1 aliphatic heterocycles. The van der Waals surface area contributed by atoms with Crippen LogP contribution in [0.4, 0.5) is 5.69 Å². The maximum atomic E-state index is 13.0. The first-order valence-corrected chi connectivity index (χ1v) is 9.23. The van der Waals surface area contributed by atoms with Crippen LogP contribution < -0.4 is 4.90 Å². The molecule has 3 rings (SSSR count). The van der Waals surface area contributed by atoms with Crippen molar-refractivity contribution in [2.75, 3.05) is 18.0 Å². The third kappa shape index (κ3) is 3.66. The molecule has 0 unspecified atom stereocenters. The number of rotatable bonds is 5. The highest BCUT2D eigenvalue weighted by Gasteiger charge is 2.36. The van der Waals surface area contributed by atoms with Gasteiger partial charge in [0.25, 0.3) is 5.91 Å². The van der Waals surface area contributed by atoms with Crippen molar-refractivity contribution in [3.8, 4) is 0 Å². The molecule has 5 nitrogen and oxygen atoms in total. The second-order valence-corrected chi connectivity index (χ2v) is 6.96. The second kappa shape index (κ2) is 7.77. The molecule has 1 saturated heterocycles. The molecule has 1 fully saturated rings. The molecule has 1 aromatic heterocycles. The Morgan fingerprint density at radius 3 is 2.73 bits per heavy atom. The van der Waals surface area contributed by atoms with E-state index in [0.29, 0.717) is 17.9 Å². The van der Waals surface area contributed by atoms with Gasteiger partial charge in [-0.15, -0.1) is 0 Å². The number of aryl methyl sites for hydroxylation is 2. The summed E-state index contributed by atoms with van der Waals surface area (Å²) in [5.74, 6) is 0.435. The molecule has 2 aromatic rings. The molecule has 138 valence electrons. The van der Waals surface area contributed by atoms with Crippen LogP contribution in [0.15, 0.2) is 41.0 Å². The van der Waals surface area contributed by atoms with E-state index in [-0.39, 0.29) is 24.4 Å². The highest BCUT2D eigenvalue weighted by molar-refractivity contribution is 6.02. The number of hydrogen-bond acceptors (Lipinski definition) is 3. The molecule has 1 aliphatic rings. The molecule has 0 spiro atoms. The zero-order valence-electron chi connectivity index (χ0n) is 15.7. The highest BCUT2D eigenvalue weighted by atomic mass is 16.3. The lowest BCUT2D eigenvalue weighted by molar-refractivity contribution is -0.121. The zero-order chi connectivity index (χ0) is 18.7. The Bertz CT molecular complexity index is 796. The van der Waals surface area contributed by atoms with Crippen LogP contribution in [0, 0.1) is 13.8 Å². The van der Waals surface area contributed by atoms with Crippen LogP contribution in [-0.4, -0.2) is 35.8 Å². The number of benzene rings is 1. The van der Waals surface area contributed by atoms with Crippen LogP contribution in [0.2, 0.25) is 0 Å². The van der Waals surface area contributed by atoms with Crippen molar-refractivity contribution in [3.05, 3.63) is 53.5 Å². The zero-order valence-corrected chi connectivity index (χ0v) is 15.7. The molecule has 2 heterocycles. The minimum atomic E-state index is -0.116. The predicted molar refractivity (Wildman–Crippen MR) is 101 cm³/mol. The Hall–Kier alpha value is -2.56. The Labute approximate surface area is 154 Å². The molecule has 0 bridgehead atoms. The molecule has 1 atom stereocenters. The maximum absolute atomic E-state index is 13.0. The smallest absolute Gasteiger partial charge is 0.258 e. The monoisotopic (exact) mass is 354 g/mol. The van der Waals surface area contributed by atoms with E-state index < -0.39 is 0 Å². The third-order valence-corrected chi connectivity index (χ3v) is 5.00. The van der Waals surface area contributed by atoms with E-state index in [1.165, 1.54) is 6.26 Å². The Morgan fingerprint density at radius 2 is 2.08 bits per heavy atom. The summed E-state index contributed by atoms with van der Waals surface area (Å²) < 4.78 is 5.28. The fourth-order valence-electron chi connectivity index (χ4n) is 3.50. The molecule has 2 amide bonds. The summed E-state index contributed by atoms with van der Waals surface area (Å²) in [6.07, 6.45) is 4.49. The third-order valence-electron chi connectivity index (χ3n) is 5.00. The Morgan fingerprint density at radius 1 is 1.27 bits per heavy atom. The average molecular weight is 354 g/mol. The number of unbranched alkanes of at least 4 members (excludes halogenated alkanes) is 1. The van der Waals surface area contributed by atoms with Gasteiger partial charge in [-0.05, 0) is 44.0 Å². The van der Waals surface area contributed by atoms with Gasteiger partial charge in [-0.1, -0.05) is 31.9 Å². The van der Waals surface area contributed by atoms with Crippen molar-refractivity contribution >= 4 is 17.5 Å². The van der Waals surface area contributed by atoms with Crippen molar-refractivity contribution in [3.63, 3.8) is 0 Å². The number of furan rings is 1. The first kappa shape index (κ1) is 18.2. The van der Waals surface area contributed by atoms with Gasteiger partial charge in [0.1, 0.15) is 12.3 Å². The number of piperazine rings is 1. The van der Waals surface area contributed by atoms with Crippen LogP contribution in [0.3, 0.4) is 0 Å². The van der Waals surface area contributed by atoms with Crippen LogP contribution in [-0.2, 0) is 4.79 Å². The minimum Gasteiger partial charge on any atom is -0.469 e. The van der Waals surface area contributed by atoms with Crippen LogP contribution in [0.1, 0.15) is 47.9 Å². The van der Waals surface area contributed by atoms with Crippen molar-refractivity contribution in [2.45, 2.75) is 46.1 Å². The maximum Gasteiger partial charge on any atom is 0.258 e. The SMILES string of the molecule is CCCC[C@H]1CN(c2cccc(C)c2)C(=O)CN1C(=O)c1ccoc1C. The van der Waals surface area contributed by atoms with Gasteiger partial charge in [0.05, 0.1) is 17.9 Å². The summed E-state index contributed by atoms with van der Waals surface area (Å²) >= 11 is 0. The van der Waals surface area contributed by atoms with Gasteiger partial charge in [0.2, 0.25) is 5.91 Å². The van der Waals surface area contributed by atoms with Crippen molar-refractivity contribution in [1.29, 1.82) is 0 Å². The fourth-order valence-corrected chi connectivity index (χ4v) is 3.50. The molecule has 5 heteroatoms. The summed E-state index contributed by atoms with van der Waals surface area (Å²) in [5, 5.41) is 0. The summed E-state index contributed by atoms with van der Waals surface area (Å²) in [6.45, 7) is 6.57. The van der Waals surface area contributed by atoms with Gasteiger partial charge in [0.15, 0.2) is 0 Å². The highest BCUT2D eigenvalue weighted by Crippen LogP contribution is 2.25. The van der Waals surface area contributed by atoms with E-state index in [1.807, 2.05) is 36.1 Å². The van der Waals surface area contributed by atoms with Crippen molar-refractivity contribution < 1.29 is 14.0 Å². The standard InChI is InChI=1S/C21H26N2O3/c1-4-5-8-18-13-22(17-9-6-7-15(2)12-17)20(24)14-23(18)21(25)19-10-11-26-16(19)3/h6-7,9-12,18H,4-5,8,13-14H2,1-3H3/t18-/m0/s1. The van der Waals surface area contributed by atoms with E-state index in [4.69, 9.17) is 4.42 Å². The molecular formula is C21H26N2O3. The van der Waals surface area contributed by atoms with E-state index >= 15 is 0 Å². The molecule has 0 aliphatic carbocycles. The first-order chi connectivity index (χ1) is 12.5. The fraction of sp³-hybridized carbons (Fsp3) is 0.429. The first-order valence-electron chi connectivity index (χ1n) is 9.23. The van der Waals surface area contributed by atoms with Crippen molar-refractivity contribution in [2.24, 2.45) is 0 Å². The van der Waals surface area contributed by atoms with Crippen LogP contribution >= 0.6 is 0 Å². The molecular weight excluding hydrogens is 328 g/mol. The largest absolute Gasteiger partial charge is 0.469 e. The number of amides is 2. The summed E-state index contributed by atoms with van der Waals surface area (Å²) in [7, 11) is 0. The minimum absolute atomic E-state index is 0.00922. The van der Waals surface area contributed by atoms with Gasteiger partial charge in [-0.25, -0.2) is 0 Å². The van der Waals surface area contributed by atoms with Gasteiger partial charge in [-0.2, -0.15) is 0 Å². The lowest BCUT2D eigenvalue weighted by atomic mass is 10.0. The molecule has 1 aromatic carbocycles. The normalized spacial score (nSPS) is 17.7. The van der Waals surface area contributed by atoms with E-state index in [1.54, 1.807) is 17.9 Å². The Kier molecular flexibility index (Phi) is 5.45. The quantitative estimate of drug-likeness (QED) is 0.817. The number of carbonyl (C=O) groups excluding carboxylic acids is 2. The molecule has 0 saturated carbocycles. The lowest BCUT2D eigenvalue weighted by Gasteiger charge is -2.41. The van der Waals surface area contributed by atoms with Crippen LogP contribution in [0.5, 0.6) is 0 Å². The average Bonchev–Trinajstić information content (AvgIpc) is 3.05. The van der Waals surface area contributed by atoms with E-state index in [2.05, 4.69) is 6.92 Å². The number of carbonyl (C=O) groups is 2.